The normalized spacial score (nSPS) is 14.5. The van der Waals surface area contributed by atoms with E-state index in [4.69, 9.17) is 9.97 Å². The van der Waals surface area contributed by atoms with Crippen molar-refractivity contribution in [1.82, 2.24) is 9.97 Å². The quantitative estimate of drug-likeness (QED) is 0.169. The number of benzene rings is 8. The van der Waals surface area contributed by atoms with Crippen molar-refractivity contribution in [3.8, 4) is 67.3 Å². The van der Waals surface area contributed by atoms with Gasteiger partial charge in [0.15, 0.2) is 5.82 Å². The number of aromatic nitrogens is 2. The van der Waals surface area contributed by atoms with Crippen LogP contribution in [-0.4, -0.2) is 9.97 Å². The van der Waals surface area contributed by atoms with Crippen molar-refractivity contribution in [3.05, 3.63) is 217 Å². The van der Waals surface area contributed by atoms with Crippen LogP contribution in [0, 0.1) is 0 Å². The third-order valence-electron chi connectivity index (χ3n) is 11.8. The molecule has 1 unspecified atom stereocenters. The monoisotopic (exact) mass is 744 g/mol. The van der Waals surface area contributed by atoms with Crippen molar-refractivity contribution in [1.29, 1.82) is 0 Å². The molecule has 1 atom stereocenters. The van der Waals surface area contributed by atoms with Gasteiger partial charge >= 0.3 is 0 Å². The zero-order valence-corrected chi connectivity index (χ0v) is 32.2. The smallest absolute Gasteiger partial charge is 0.160 e. The average Bonchev–Trinajstić information content (AvgIpc) is 3.80. The molecule has 57 heavy (non-hydrogen) atoms. The number of hydrogen-bond donors (Lipinski definition) is 0. The highest BCUT2D eigenvalue weighted by molar-refractivity contribution is 7.26. The average molecular weight is 745 g/mol. The Kier molecular flexibility index (Phi) is 7.84. The molecule has 0 radical (unpaired) electrons. The van der Waals surface area contributed by atoms with E-state index in [2.05, 4.69) is 201 Å². The summed E-state index contributed by atoms with van der Waals surface area (Å²) in [7, 11) is 0. The van der Waals surface area contributed by atoms with Gasteiger partial charge in [-0.2, -0.15) is 0 Å². The fourth-order valence-electron chi connectivity index (χ4n) is 8.89. The molecule has 1 aliphatic carbocycles. The van der Waals surface area contributed by atoms with Crippen LogP contribution in [0.4, 0.5) is 0 Å². The minimum Gasteiger partial charge on any atom is -0.228 e. The Morgan fingerprint density at radius 3 is 1.75 bits per heavy atom. The summed E-state index contributed by atoms with van der Waals surface area (Å²) in [5.41, 5.74) is 15.9. The van der Waals surface area contributed by atoms with Crippen LogP contribution >= 0.6 is 11.3 Å². The first-order chi connectivity index (χ1) is 28.1. The Bertz CT molecular complexity index is 3140. The van der Waals surface area contributed by atoms with E-state index < -0.39 is 0 Å². The second-order valence-corrected chi connectivity index (χ2v) is 16.1. The van der Waals surface area contributed by atoms with Gasteiger partial charge < -0.3 is 0 Å². The van der Waals surface area contributed by atoms with Gasteiger partial charge in [0.2, 0.25) is 0 Å². The van der Waals surface area contributed by atoms with Crippen molar-refractivity contribution in [3.63, 3.8) is 0 Å². The second kappa shape index (κ2) is 13.4. The van der Waals surface area contributed by atoms with E-state index >= 15 is 0 Å². The predicted octanol–water partition coefficient (Wildman–Crippen LogP) is 14.5. The van der Waals surface area contributed by atoms with Crippen LogP contribution in [0.5, 0.6) is 0 Å². The number of fused-ring (bicyclic) bond motifs is 6. The molecule has 2 heterocycles. The SMILES string of the molecule is CC1(c2ccccc2)c2ccccc2-c2ccc(-c3cc(-c4cccc(-c5cccc(-c6cccc7c6sc6ccccc67)c5)c4)nc(-c4ccccc4)n3)cc21. The molecule has 0 aliphatic heterocycles. The Labute approximate surface area is 336 Å². The van der Waals surface area contributed by atoms with Gasteiger partial charge in [-0.1, -0.05) is 170 Å². The largest absolute Gasteiger partial charge is 0.228 e. The number of thiophene rings is 1. The topological polar surface area (TPSA) is 25.8 Å². The van der Waals surface area contributed by atoms with Gasteiger partial charge in [0.25, 0.3) is 0 Å². The van der Waals surface area contributed by atoms with E-state index in [9.17, 15) is 0 Å². The molecular weight excluding hydrogens is 709 g/mol. The summed E-state index contributed by atoms with van der Waals surface area (Å²) in [6.45, 7) is 2.36. The summed E-state index contributed by atoms with van der Waals surface area (Å²) in [5, 5.41) is 2.63. The van der Waals surface area contributed by atoms with E-state index in [0.29, 0.717) is 5.82 Å². The number of hydrogen-bond acceptors (Lipinski definition) is 3. The standard InChI is InChI=1S/C54H36N2S/c1-54(41-21-6-3-7-22-41)47-27-10-8-23-43(47)44-30-29-40(33-48(44)54)50-34-49(55-53(56-50)35-15-4-2-5-16-35)39-20-13-18-37(32-39)36-17-12-19-38(31-36)42-25-14-26-46-45-24-9-11-28-51(45)57-52(42)46/h2-34H,1H3. The van der Waals surface area contributed by atoms with Crippen LogP contribution in [0.25, 0.3) is 87.5 Å². The van der Waals surface area contributed by atoms with Crippen molar-refractivity contribution < 1.29 is 0 Å². The molecule has 3 heteroatoms. The molecule has 0 fully saturated rings. The van der Waals surface area contributed by atoms with Gasteiger partial charge in [-0.25, -0.2) is 9.97 Å². The number of nitrogens with zero attached hydrogens (tertiary/aromatic N) is 2. The minimum absolute atomic E-state index is 0.299. The van der Waals surface area contributed by atoms with Crippen LogP contribution in [-0.2, 0) is 5.41 Å². The summed E-state index contributed by atoms with van der Waals surface area (Å²) >= 11 is 1.87. The van der Waals surface area contributed by atoms with E-state index in [0.717, 1.165) is 33.6 Å². The molecule has 268 valence electrons. The summed E-state index contributed by atoms with van der Waals surface area (Å²) in [5.74, 6) is 0.710. The lowest BCUT2D eigenvalue weighted by Gasteiger charge is -2.28. The predicted molar refractivity (Wildman–Crippen MR) is 240 cm³/mol. The van der Waals surface area contributed by atoms with Crippen molar-refractivity contribution in [2.45, 2.75) is 12.3 Å². The second-order valence-electron chi connectivity index (χ2n) is 15.1. The van der Waals surface area contributed by atoms with Gasteiger partial charge in [0.1, 0.15) is 0 Å². The molecule has 0 saturated heterocycles. The molecule has 2 aromatic heterocycles. The van der Waals surface area contributed by atoms with Crippen LogP contribution in [0.3, 0.4) is 0 Å². The summed E-state index contributed by atoms with van der Waals surface area (Å²) < 4.78 is 2.64. The molecule has 10 aromatic rings. The van der Waals surface area contributed by atoms with Crippen molar-refractivity contribution in [2.24, 2.45) is 0 Å². The van der Waals surface area contributed by atoms with Gasteiger partial charge in [-0.15, -0.1) is 11.3 Å². The molecule has 1 aliphatic rings. The summed E-state index contributed by atoms with van der Waals surface area (Å²) in [6, 6.07) is 72.2. The molecule has 2 nitrogen and oxygen atoms in total. The molecule has 0 spiro atoms. The molecular formula is C54H36N2S. The van der Waals surface area contributed by atoms with E-state index in [1.807, 2.05) is 17.4 Å². The fraction of sp³-hybridized carbons (Fsp3) is 0.0370. The lowest BCUT2D eigenvalue weighted by molar-refractivity contribution is 0.714. The molecule has 0 bridgehead atoms. The first-order valence-electron chi connectivity index (χ1n) is 19.5. The van der Waals surface area contributed by atoms with Gasteiger partial charge in [-0.05, 0) is 87.3 Å². The maximum atomic E-state index is 5.25. The highest BCUT2D eigenvalue weighted by Crippen LogP contribution is 2.53. The summed E-state index contributed by atoms with van der Waals surface area (Å²) in [4.78, 5) is 10.5. The van der Waals surface area contributed by atoms with Crippen LogP contribution in [0.1, 0.15) is 23.6 Å². The lowest BCUT2D eigenvalue weighted by Crippen LogP contribution is -2.22. The van der Waals surface area contributed by atoms with Crippen LogP contribution in [0.15, 0.2) is 200 Å². The first-order valence-corrected chi connectivity index (χ1v) is 20.3. The molecule has 11 rings (SSSR count). The molecule has 0 N–H and O–H groups in total. The van der Waals surface area contributed by atoms with E-state index in [1.54, 1.807) is 0 Å². The molecule has 0 saturated carbocycles. The van der Waals surface area contributed by atoms with Crippen LogP contribution < -0.4 is 0 Å². The third kappa shape index (κ3) is 5.54. The Morgan fingerprint density at radius 2 is 0.947 bits per heavy atom. The van der Waals surface area contributed by atoms with E-state index in [1.165, 1.54) is 64.7 Å². The van der Waals surface area contributed by atoms with Crippen LogP contribution in [0.2, 0.25) is 0 Å². The Morgan fingerprint density at radius 1 is 0.386 bits per heavy atom. The third-order valence-corrected chi connectivity index (χ3v) is 13.0. The fourth-order valence-corrected chi connectivity index (χ4v) is 10.1. The minimum atomic E-state index is -0.299. The highest BCUT2D eigenvalue weighted by atomic mass is 32.1. The first kappa shape index (κ1) is 33.4. The Balaban J connectivity index is 1.03. The van der Waals surface area contributed by atoms with Gasteiger partial charge in [0.05, 0.1) is 11.4 Å². The lowest BCUT2D eigenvalue weighted by atomic mass is 9.74. The maximum absolute atomic E-state index is 5.25. The number of rotatable bonds is 6. The zero-order valence-electron chi connectivity index (χ0n) is 31.4. The van der Waals surface area contributed by atoms with Gasteiger partial charge in [-0.3, -0.25) is 0 Å². The Hall–Kier alpha value is -6.94. The van der Waals surface area contributed by atoms with E-state index in [-0.39, 0.29) is 5.41 Å². The molecule has 8 aromatic carbocycles. The highest BCUT2D eigenvalue weighted by Gasteiger charge is 2.40. The van der Waals surface area contributed by atoms with Crippen molar-refractivity contribution in [2.75, 3.05) is 0 Å². The van der Waals surface area contributed by atoms with Gasteiger partial charge in [0, 0.05) is 42.3 Å². The van der Waals surface area contributed by atoms with Crippen molar-refractivity contribution >= 4 is 31.5 Å². The molecule has 0 amide bonds. The summed E-state index contributed by atoms with van der Waals surface area (Å²) in [6.07, 6.45) is 0. The zero-order chi connectivity index (χ0) is 37.9. The maximum Gasteiger partial charge on any atom is 0.160 e.